The van der Waals surface area contributed by atoms with Crippen LogP contribution in [0.3, 0.4) is 0 Å². The second-order valence-corrected chi connectivity index (χ2v) is 2.73. The monoisotopic (exact) mass is 235 g/mol. The van der Waals surface area contributed by atoms with E-state index in [4.69, 9.17) is 5.11 Å². The molecule has 1 atom stereocenters. The molecule has 0 aromatic carbocycles. The second kappa shape index (κ2) is 7.12. The van der Waals surface area contributed by atoms with Crippen molar-refractivity contribution in [2.24, 2.45) is 4.99 Å². The van der Waals surface area contributed by atoms with Gasteiger partial charge in [-0.25, -0.2) is 4.79 Å². The second-order valence-electron chi connectivity index (χ2n) is 2.73. The zero-order chi connectivity index (χ0) is 10.6. The molecule has 1 aromatic heterocycles. The van der Waals surface area contributed by atoms with Crippen LogP contribution in [0.4, 0.5) is 0 Å². The van der Waals surface area contributed by atoms with Gasteiger partial charge in [-0.2, -0.15) is 5.10 Å². The Morgan fingerprint density at radius 3 is 2.80 bits per heavy atom. The summed E-state index contributed by atoms with van der Waals surface area (Å²) in [5.41, 5.74) is 0. The minimum atomic E-state index is -1.13. The van der Waals surface area contributed by atoms with Crippen molar-refractivity contribution < 1.29 is 66.4 Å². The van der Waals surface area contributed by atoms with Crippen LogP contribution in [0.15, 0.2) is 23.5 Å². The zero-order valence-electron chi connectivity index (χ0n) is 8.62. The predicted molar refractivity (Wildman–Crippen MR) is 46.8 cm³/mol. The Morgan fingerprint density at radius 1 is 1.73 bits per heavy atom. The third-order valence-corrected chi connectivity index (χ3v) is 1.54. The van der Waals surface area contributed by atoms with E-state index >= 15 is 0 Å². The topological polar surface area (TPSA) is 90.5 Å². The number of aliphatic imine (C=N–C) groups is 1. The van der Waals surface area contributed by atoms with E-state index in [1.165, 1.54) is 17.8 Å². The first kappa shape index (κ1) is 14.8. The maximum absolute atomic E-state index is 10.7. The Kier molecular flexibility index (Phi) is 7.02. The quantitative estimate of drug-likeness (QED) is 0.328. The van der Waals surface area contributed by atoms with Crippen molar-refractivity contribution in [3.63, 3.8) is 0 Å². The van der Waals surface area contributed by atoms with Gasteiger partial charge in [-0.1, -0.05) is 0 Å². The average Bonchev–Trinajstić information content (AvgIpc) is 2.54. The maximum atomic E-state index is 10.7. The van der Waals surface area contributed by atoms with Gasteiger partial charge in [0.2, 0.25) is 0 Å². The molecule has 7 heteroatoms. The van der Waals surface area contributed by atoms with Gasteiger partial charge < -0.3 is 10.2 Å². The number of aromatic nitrogens is 2. The SMILES string of the molecule is CC([O-])=N[C@@H](Cn1cccn1)C(=O)O.[K+]. The van der Waals surface area contributed by atoms with E-state index in [1.807, 2.05) is 0 Å². The largest absolute Gasteiger partial charge is 1.00 e. The number of aliphatic carboxylic acids is 1. The number of carboxylic acid groups (broad SMARTS) is 1. The molecule has 0 aliphatic carbocycles. The van der Waals surface area contributed by atoms with Crippen LogP contribution in [0.2, 0.25) is 0 Å². The molecule has 0 saturated carbocycles. The van der Waals surface area contributed by atoms with Gasteiger partial charge in [0.15, 0.2) is 6.04 Å². The van der Waals surface area contributed by atoms with Gasteiger partial charge in [0.05, 0.1) is 6.54 Å². The smallest absolute Gasteiger partial charge is 0.862 e. The summed E-state index contributed by atoms with van der Waals surface area (Å²) < 4.78 is 1.42. The molecule has 15 heavy (non-hydrogen) atoms. The van der Waals surface area contributed by atoms with Crippen molar-refractivity contribution in [1.29, 1.82) is 0 Å². The normalized spacial score (nSPS) is 13.0. The van der Waals surface area contributed by atoms with Crippen LogP contribution >= 0.6 is 0 Å². The summed E-state index contributed by atoms with van der Waals surface area (Å²) in [5.74, 6) is -1.62. The van der Waals surface area contributed by atoms with E-state index in [-0.39, 0.29) is 57.9 Å². The van der Waals surface area contributed by atoms with E-state index < -0.39 is 17.9 Å². The molecular weight excluding hydrogens is 225 g/mol. The van der Waals surface area contributed by atoms with Gasteiger partial charge in [0, 0.05) is 12.4 Å². The molecule has 6 nitrogen and oxygen atoms in total. The maximum Gasteiger partial charge on any atom is 1.00 e. The minimum Gasteiger partial charge on any atom is -0.862 e. The fourth-order valence-electron chi connectivity index (χ4n) is 0.979. The number of hydrogen-bond acceptors (Lipinski definition) is 4. The molecule has 1 aromatic rings. The molecule has 1 N–H and O–H groups in total. The summed E-state index contributed by atoms with van der Waals surface area (Å²) in [6.07, 6.45) is 3.15. The van der Waals surface area contributed by atoms with E-state index in [2.05, 4.69) is 10.1 Å². The summed E-state index contributed by atoms with van der Waals surface area (Å²) in [5, 5.41) is 23.2. The summed E-state index contributed by atoms with van der Waals surface area (Å²) in [4.78, 5) is 14.1. The molecule has 0 saturated heterocycles. The number of nitrogens with zero attached hydrogens (tertiary/aromatic N) is 3. The van der Waals surface area contributed by atoms with Crippen LogP contribution in [-0.2, 0) is 11.3 Å². The van der Waals surface area contributed by atoms with Crippen molar-refractivity contribution in [3.8, 4) is 0 Å². The van der Waals surface area contributed by atoms with Gasteiger partial charge in [-0.05, 0) is 18.9 Å². The van der Waals surface area contributed by atoms with E-state index in [0.717, 1.165) is 0 Å². The Balaban J connectivity index is 0.00000196. The summed E-state index contributed by atoms with van der Waals surface area (Å²) in [6, 6.07) is 0.611. The third-order valence-electron chi connectivity index (χ3n) is 1.54. The van der Waals surface area contributed by atoms with Crippen molar-refractivity contribution >= 4 is 11.9 Å². The Bertz CT molecular complexity index is 333. The van der Waals surface area contributed by atoms with Gasteiger partial charge >= 0.3 is 57.4 Å². The van der Waals surface area contributed by atoms with Crippen LogP contribution < -0.4 is 56.5 Å². The number of hydrogen-bond donors (Lipinski definition) is 1. The molecule has 76 valence electrons. The molecule has 0 spiro atoms. The predicted octanol–water partition coefficient (Wildman–Crippen LogP) is -3.88. The first-order chi connectivity index (χ1) is 6.59. The summed E-state index contributed by atoms with van der Waals surface area (Å²) in [7, 11) is 0. The van der Waals surface area contributed by atoms with Gasteiger partial charge in [-0.3, -0.25) is 9.67 Å². The molecule has 0 aliphatic rings. The Morgan fingerprint density at radius 2 is 2.40 bits per heavy atom. The minimum absolute atomic E-state index is 0. The molecule has 0 unspecified atom stereocenters. The van der Waals surface area contributed by atoms with E-state index in [9.17, 15) is 9.90 Å². The standard InChI is InChI=1S/C8H11N3O3.K/c1-6(12)10-7(8(13)14)5-11-4-2-3-9-11;/h2-4,7H,5H2,1H3,(H,10,12)(H,13,14);/q;+1/p-1/t7-;/m0./s1. The molecule has 1 heterocycles. The third kappa shape index (κ3) is 5.43. The molecule has 0 amide bonds. The zero-order valence-corrected chi connectivity index (χ0v) is 11.7. The number of carbonyl (C=O) groups is 1. The first-order valence-corrected chi connectivity index (χ1v) is 4.01. The van der Waals surface area contributed by atoms with Crippen molar-refractivity contribution in [2.75, 3.05) is 0 Å². The molecule has 0 aliphatic heterocycles. The van der Waals surface area contributed by atoms with Crippen LogP contribution in [0, 0.1) is 0 Å². The molecule has 0 bridgehead atoms. The number of carboxylic acids is 1. The molecule has 0 fully saturated rings. The number of rotatable bonds is 4. The van der Waals surface area contributed by atoms with E-state index in [0.29, 0.717) is 0 Å². The van der Waals surface area contributed by atoms with Crippen molar-refractivity contribution in [3.05, 3.63) is 18.5 Å². The van der Waals surface area contributed by atoms with Gasteiger partial charge in [-0.15, -0.1) is 0 Å². The molecule has 1 rings (SSSR count). The summed E-state index contributed by atoms with van der Waals surface area (Å²) >= 11 is 0. The fourth-order valence-corrected chi connectivity index (χ4v) is 0.979. The fraction of sp³-hybridized carbons (Fsp3) is 0.375. The summed E-state index contributed by atoms with van der Waals surface area (Å²) in [6.45, 7) is 1.29. The van der Waals surface area contributed by atoms with Crippen LogP contribution in [0.1, 0.15) is 6.92 Å². The Labute approximate surface area is 129 Å². The Hall–Kier alpha value is -0.214. The molecular formula is C8H10KN3O3. The average molecular weight is 235 g/mol. The van der Waals surface area contributed by atoms with Crippen LogP contribution in [-0.4, -0.2) is 32.8 Å². The van der Waals surface area contributed by atoms with Gasteiger partial charge in [0.25, 0.3) is 0 Å². The van der Waals surface area contributed by atoms with Crippen molar-refractivity contribution in [1.82, 2.24) is 9.78 Å². The van der Waals surface area contributed by atoms with Crippen LogP contribution in [0.5, 0.6) is 0 Å². The van der Waals surface area contributed by atoms with Gasteiger partial charge in [0.1, 0.15) is 0 Å². The molecule has 0 radical (unpaired) electrons. The van der Waals surface area contributed by atoms with Crippen molar-refractivity contribution in [2.45, 2.75) is 19.5 Å². The first-order valence-electron chi connectivity index (χ1n) is 4.01. The van der Waals surface area contributed by atoms with Crippen LogP contribution in [0.25, 0.3) is 0 Å². The van der Waals surface area contributed by atoms with E-state index in [1.54, 1.807) is 12.3 Å².